The van der Waals surface area contributed by atoms with Gasteiger partial charge in [0, 0.05) is 12.8 Å². The molecule has 0 saturated carbocycles. The highest BCUT2D eigenvalue weighted by Crippen LogP contribution is 2.32. The van der Waals surface area contributed by atoms with Crippen molar-refractivity contribution in [3.63, 3.8) is 0 Å². The van der Waals surface area contributed by atoms with Gasteiger partial charge in [0.15, 0.2) is 11.5 Å². The van der Waals surface area contributed by atoms with Crippen molar-refractivity contribution < 1.29 is 29.3 Å². The van der Waals surface area contributed by atoms with Crippen LogP contribution >= 0.6 is 0 Å². The van der Waals surface area contributed by atoms with Crippen LogP contribution < -0.4 is 9.47 Å². The van der Waals surface area contributed by atoms with Crippen molar-refractivity contribution in [2.75, 3.05) is 7.11 Å². The van der Waals surface area contributed by atoms with E-state index in [2.05, 4.69) is 0 Å². The number of hydrogen-bond donors (Lipinski definition) is 2. The lowest BCUT2D eigenvalue weighted by Gasteiger charge is -2.12. The van der Waals surface area contributed by atoms with Crippen LogP contribution in [0.2, 0.25) is 0 Å². The number of carbonyl (C=O) groups is 2. The van der Waals surface area contributed by atoms with Gasteiger partial charge < -0.3 is 19.7 Å². The molecule has 0 fully saturated rings. The number of benzene rings is 2. The van der Waals surface area contributed by atoms with Crippen LogP contribution in [0.4, 0.5) is 0 Å². The van der Waals surface area contributed by atoms with Gasteiger partial charge in [-0.15, -0.1) is 0 Å². The number of hydrogen-bond acceptors (Lipinski definition) is 4. The summed E-state index contributed by atoms with van der Waals surface area (Å²) in [4.78, 5) is 21.2. The smallest absolute Gasteiger partial charge is 0.303 e. The highest BCUT2D eigenvalue weighted by molar-refractivity contribution is 5.67. The van der Waals surface area contributed by atoms with Crippen molar-refractivity contribution in [1.82, 2.24) is 0 Å². The molecule has 0 aliphatic carbocycles. The van der Waals surface area contributed by atoms with Crippen LogP contribution in [0, 0.1) is 0 Å². The first-order chi connectivity index (χ1) is 12.0. The number of carboxylic acid groups (broad SMARTS) is 2. The normalized spacial score (nSPS) is 10.3. The molecule has 2 aromatic carbocycles. The van der Waals surface area contributed by atoms with E-state index in [4.69, 9.17) is 19.7 Å². The van der Waals surface area contributed by atoms with E-state index in [0.717, 1.165) is 11.1 Å². The largest absolute Gasteiger partial charge is 0.493 e. The predicted octanol–water partition coefficient (Wildman–Crippen LogP) is 3.52. The monoisotopic (exact) mass is 344 g/mol. The molecule has 2 N–H and O–H groups in total. The lowest BCUT2D eigenvalue weighted by Crippen LogP contribution is -1.99. The summed E-state index contributed by atoms with van der Waals surface area (Å²) in [5.41, 5.74) is 1.78. The fourth-order valence-corrected chi connectivity index (χ4v) is 2.31. The summed E-state index contributed by atoms with van der Waals surface area (Å²) < 4.78 is 11.1. The third-order valence-electron chi connectivity index (χ3n) is 3.63. The van der Waals surface area contributed by atoms with Crippen molar-refractivity contribution in [2.24, 2.45) is 0 Å². The van der Waals surface area contributed by atoms with Gasteiger partial charge in [0.05, 0.1) is 7.11 Å². The van der Waals surface area contributed by atoms with Crippen molar-refractivity contribution in [3.05, 3.63) is 53.6 Å². The van der Waals surface area contributed by atoms with E-state index < -0.39 is 11.9 Å². The molecule has 132 valence electrons. The second kappa shape index (κ2) is 8.73. The van der Waals surface area contributed by atoms with Crippen LogP contribution in [-0.2, 0) is 22.4 Å². The van der Waals surface area contributed by atoms with E-state index >= 15 is 0 Å². The van der Waals surface area contributed by atoms with Gasteiger partial charge in [0.1, 0.15) is 5.75 Å². The van der Waals surface area contributed by atoms with E-state index in [0.29, 0.717) is 30.1 Å². The molecule has 0 aliphatic rings. The molecule has 0 atom stereocenters. The zero-order valence-electron chi connectivity index (χ0n) is 13.9. The molecule has 0 aromatic heterocycles. The quantitative estimate of drug-likeness (QED) is 0.723. The first-order valence-electron chi connectivity index (χ1n) is 7.85. The maximum Gasteiger partial charge on any atom is 0.303 e. The topological polar surface area (TPSA) is 93.1 Å². The van der Waals surface area contributed by atoms with Gasteiger partial charge in [0.25, 0.3) is 0 Å². The Balaban J connectivity index is 2.05. The third kappa shape index (κ3) is 5.84. The van der Waals surface area contributed by atoms with Crippen molar-refractivity contribution in [1.29, 1.82) is 0 Å². The minimum atomic E-state index is -0.845. The van der Waals surface area contributed by atoms with E-state index in [-0.39, 0.29) is 12.8 Å². The zero-order valence-corrected chi connectivity index (χ0v) is 13.9. The molecule has 6 heteroatoms. The van der Waals surface area contributed by atoms with Gasteiger partial charge in [-0.3, -0.25) is 9.59 Å². The average molecular weight is 344 g/mol. The molecule has 2 rings (SSSR count). The Morgan fingerprint density at radius 1 is 0.840 bits per heavy atom. The maximum absolute atomic E-state index is 10.7. The Hall–Kier alpha value is -3.02. The standard InChI is InChI=1S/C19H20O6/c1-24-17-12-14(6-11-19(22)23)4-9-16(17)25-15-7-2-13(3-8-15)5-10-18(20)21/h2-4,7-9,12H,5-6,10-11H2,1H3,(H,20,21)(H,22,23). The fraction of sp³-hybridized carbons (Fsp3) is 0.263. The van der Waals surface area contributed by atoms with E-state index in [9.17, 15) is 9.59 Å². The maximum atomic E-state index is 10.7. The van der Waals surface area contributed by atoms with Crippen LogP contribution in [0.3, 0.4) is 0 Å². The van der Waals surface area contributed by atoms with Gasteiger partial charge >= 0.3 is 11.9 Å². The molecule has 0 aliphatic heterocycles. The number of aryl methyl sites for hydroxylation is 2. The molecule has 0 amide bonds. The highest BCUT2D eigenvalue weighted by atomic mass is 16.5. The number of rotatable bonds is 9. The van der Waals surface area contributed by atoms with Crippen LogP contribution in [-0.4, -0.2) is 29.3 Å². The van der Waals surface area contributed by atoms with E-state index in [1.807, 2.05) is 18.2 Å². The van der Waals surface area contributed by atoms with Gasteiger partial charge in [-0.2, -0.15) is 0 Å². The Morgan fingerprint density at radius 2 is 1.40 bits per heavy atom. The summed E-state index contributed by atoms with van der Waals surface area (Å²) in [5, 5.41) is 17.5. The summed E-state index contributed by atoms with van der Waals surface area (Å²) in [6, 6.07) is 12.5. The molecule has 0 radical (unpaired) electrons. The SMILES string of the molecule is COc1cc(CCC(=O)O)ccc1Oc1ccc(CCC(=O)O)cc1. The number of carboxylic acids is 2. The molecule has 25 heavy (non-hydrogen) atoms. The van der Waals surface area contributed by atoms with Gasteiger partial charge in [-0.05, 0) is 48.2 Å². The average Bonchev–Trinajstić information content (AvgIpc) is 2.60. The van der Waals surface area contributed by atoms with Crippen LogP contribution in [0.25, 0.3) is 0 Å². The summed E-state index contributed by atoms with van der Waals surface area (Å²) in [5.74, 6) is -0.0105. The predicted molar refractivity (Wildman–Crippen MR) is 91.4 cm³/mol. The van der Waals surface area contributed by atoms with Gasteiger partial charge in [-0.1, -0.05) is 18.2 Å². The van der Waals surface area contributed by atoms with E-state index in [1.54, 1.807) is 24.3 Å². The summed E-state index contributed by atoms with van der Waals surface area (Å²) in [6.07, 6.45) is 1.04. The Kier molecular flexibility index (Phi) is 6.39. The zero-order chi connectivity index (χ0) is 18.2. The molecule has 0 spiro atoms. The summed E-state index contributed by atoms with van der Waals surface area (Å²) in [6.45, 7) is 0. The van der Waals surface area contributed by atoms with Gasteiger partial charge in [-0.25, -0.2) is 0 Å². The van der Waals surface area contributed by atoms with Crippen LogP contribution in [0.15, 0.2) is 42.5 Å². The molecule has 0 saturated heterocycles. The van der Waals surface area contributed by atoms with Crippen LogP contribution in [0.1, 0.15) is 24.0 Å². The number of ether oxygens (including phenoxy) is 2. The number of aliphatic carboxylic acids is 2. The third-order valence-corrected chi connectivity index (χ3v) is 3.63. The Bertz CT molecular complexity index is 736. The summed E-state index contributed by atoms with van der Waals surface area (Å²) >= 11 is 0. The molecule has 6 nitrogen and oxygen atoms in total. The van der Waals surface area contributed by atoms with Crippen molar-refractivity contribution >= 4 is 11.9 Å². The van der Waals surface area contributed by atoms with Gasteiger partial charge in [0.2, 0.25) is 0 Å². The lowest BCUT2D eigenvalue weighted by molar-refractivity contribution is -0.138. The molecular formula is C19H20O6. The number of methoxy groups -OCH3 is 1. The molecule has 2 aromatic rings. The lowest BCUT2D eigenvalue weighted by atomic mass is 10.1. The molecular weight excluding hydrogens is 324 g/mol. The Labute approximate surface area is 145 Å². The van der Waals surface area contributed by atoms with Crippen molar-refractivity contribution in [3.8, 4) is 17.2 Å². The van der Waals surface area contributed by atoms with Crippen LogP contribution in [0.5, 0.6) is 17.2 Å². The van der Waals surface area contributed by atoms with Crippen molar-refractivity contribution in [2.45, 2.75) is 25.7 Å². The summed E-state index contributed by atoms with van der Waals surface area (Å²) in [7, 11) is 1.53. The molecule has 0 heterocycles. The molecule has 0 bridgehead atoms. The minimum absolute atomic E-state index is 0.0567. The highest BCUT2D eigenvalue weighted by Gasteiger charge is 2.09. The fourth-order valence-electron chi connectivity index (χ4n) is 2.31. The first-order valence-corrected chi connectivity index (χ1v) is 7.85. The first kappa shape index (κ1) is 18.3. The second-order valence-electron chi connectivity index (χ2n) is 5.52. The van der Waals surface area contributed by atoms with E-state index in [1.165, 1.54) is 7.11 Å². The molecule has 0 unspecified atom stereocenters. The second-order valence-corrected chi connectivity index (χ2v) is 5.52. The minimum Gasteiger partial charge on any atom is -0.493 e. The Morgan fingerprint density at radius 3 is 1.96 bits per heavy atom.